The lowest BCUT2D eigenvalue weighted by molar-refractivity contribution is -0.144. The number of hydrogen-bond donors (Lipinski definition) is 4. The summed E-state index contributed by atoms with van der Waals surface area (Å²) in [5.74, 6) is -1.21. The molecule has 0 aliphatic carbocycles. The van der Waals surface area contributed by atoms with E-state index in [-0.39, 0.29) is 6.42 Å². The molecule has 1 aromatic carbocycles. The van der Waals surface area contributed by atoms with Crippen LogP contribution in [0.2, 0.25) is 0 Å². The number of alkyl carbamates (subject to hydrolysis) is 1. The number of esters is 1. The Kier molecular flexibility index (Phi) is 8.46. The average Bonchev–Trinajstić information content (AvgIpc) is 2.59. The third kappa shape index (κ3) is 7.97. The molecule has 0 radical (unpaired) electrons. The number of carbonyl (C=O) groups is 3. The van der Waals surface area contributed by atoms with Gasteiger partial charge in [0.2, 0.25) is 5.91 Å². The molecule has 10 heteroatoms. The van der Waals surface area contributed by atoms with E-state index in [2.05, 4.69) is 15.4 Å². The fourth-order valence-corrected chi connectivity index (χ4v) is 2.27. The van der Waals surface area contributed by atoms with Crippen LogP contribution in [0.4, 0.5) is 4.79 Å². The maximum absolute atomic E-state index is 12.6. The van der Waals surface area contributed by atoms with Crippen LogP contribution in [0.3, 0.4) is 0 Å². The van der Waals surface area contributed by atoms with Crippen molar-refractivity contribution in [1.29, 1.82) is 0 Å². The van der Waals surface area contributed by atoms with Crippen LogP contribution in [0.15, 0.2) is 24.3 Å². The summed E-state index contributed by atoms with van der Waals surface area (Å²) in [5.41, 5.74) is 0.207. The second-order valence-electron chi connectivity index (χ2n) is 7.27. The highest BCUT2D eigenvalue weighted by Crippen LogP contribution is 2.09. The number of nitrogens with one attached hydrogen (secondary N) is 2. The summed E-state index contributed by atoms with van der Waals surface area (Å²) in [4.78, 5) is 36.2. The fourth-order valence-electron chi connectivity index (χ4n) is 2.27. The predicted octanol–water partition coefficient (Wildman–Crippen LogP) is -0.520. The van der Waals surface area contributed by atoms with Crippen molar-refractivity contribution in [3.8, 4) is 0 Å². The van der Waals surface area contributed by atoms with Gasteiger partial charge in [0.05, 0.1) is 7.11 Å². The van der Waals surface area contributed by atoms with Gasteiger partial charge in [-0.1, -0.05) is 24.3 Å². The standard InChI is InChI=1S/C18H27BN2O7/c1-11(16(23)27-5)20-15(22)14(21-17(24)28-18(2,3)4)10-12-6-8-13(9-7-12)19(25)26/h6-9,11,14,25-26H,10H2,1-5H3,(H,20,22)(H,21,24)/t11?,14-/m0/s1. The average molecular weight is 394 g/mol. The number of amides is 2. The zero-order valence-electron chi connectivity index (χ0n) is 16.7. The van der Waals surface area contributed by atoms with Crippen LogP contribution < -0.4 is 16.1 Å². The molecule has 0 spiro atoms. The first-order chi connectivity index (χ1) is 12.9. The fraction of sp³-hybridized carbons (Fsp3) is 0.500. The van der Waals surface area contributed by atoms with Gasteiger partial charge < -0.3 is 30.2 Å². The van der Waals surface area contributed by atoms with E-state index < -0.39 is 42.8 Å². The molecule has 1 aromatic rings. The SMILES string of the molecule is COC(=O)C(C)NC(=O)[C@H](Cc1ccc(B(O)O)cc1)NC(=O)OC(C)(C)C. The molecule has 0 aromatic heterocycles. The van der Waals surface area contributed by atoms with Gasteiger partial charge in [0, 0.05) is 6.42 Å². The van der Waals surface area contributed by atoms with Gasteiger partial charge in [-0.05, 0) is 38.7 Å². The Hall–Kier alpha value is -2.59. The molecule has 2 atom stereocenters. The van der Waals surface area contributed by atoms with E-state index >= 15 is 0 Å². The first-order valence-electron chi connectivity index (χ1n) is 8.75. The Balaban J connectivity index is 2.94. The third-order valence-electron chi connectivity index (χ3n) is 3.64. The minimum atomic E-state index is -1.60. The van der Waals surface area contributed by atoms with Crippen LogP contribution >= 0.6 is 0 Å². The van der Waals surface area contributed by atoms with Crippen molar-refractivity contribution >= 4 is 30.6 Å². The summed E-state index contributed by atoms with van der Waals surface area (Å²) in [5, 5.41) is 23.3. The summed E-state index contributed by atoms with van der Waals surface area (Å²) < 4.78 is 9.77. The van der Waals surface area contributed by atoms with E-state index in [0.29, 0.717) is 11.0 Å². The zero-order valence-corrected chi connectivity index (χ0v) is 16.7. The van der Waals surface area contributed by atoms with E-state index in [4.69, 9.17) is 14.8 Å². The van der Waals surface area contributed by atoms with Crippen molar-refractivity contribution in [2.24, 2.45) is 0 Å². The molecule has 0 aliphatic rings. The van der Waals surface area contributed by atoms with Crippen molar-refractivity contribution in [1.82, 2.24) is 10.6 Å². The summed E-state index contributed by atoms with van der Waals surface area (Å²) in [6.45, 7) is 6.55. The normalized spacial score (nSPS) is 13.1. The number of methoxy groups -OCH3 is 1. The van der Waals surface area contributed by atoms with E-state index in [1.54, 1.807) is 32.9 Å². The summed E-state index contributed by atoms with van der Waals surface area (Å²) in [6.07, 6.45) is -0.679. The smallest absolute Gasteiger partial charge is 0.467 e. The van der Waals surface area contributed by atoms with Crippen LogP contribution in [0.5, 0.6) is 0 Å². The molecule has 0 bridgehead atoms. The molecular weight excluding hydrogens is 367 g/mol. The Morgan fingerprint density at radius 2 is 1.68 bits per heavy atom. The second-order valence-corrected chi connectivity index (χ2v) is 7.27. The maximum atomic E-state index is 12.6. The van der Waals surface area contributed by atoms with Crippen LogP contribution in [-0.2, 0) is 25.5 Å². The number of hydrogen-bond acceptors (Lipinski definition) is 7. The molecule has 28 heavy (non-hydrogen) atoms. The van der Waals surface area contributed by atoms with Crippen molar-refractivity contribution in [3.05, 3.63) is 29.8 Å². The van der Waals surface area contributed by atoms with Gasteiger partial charge in [0.25, 0.3) is 0 Å². The van der Waals surface area contributed by atoms with Crippen molar-refractivity contribution < 1.29 is 33.9 Å². The highest BCUT2D eigenvalue weighted by molar-refractivity contribution is 6.58. The minimum Gasteiger partial charge on any atom is -0.467 e. The number of rotatable bonds is 7. The van der Waals surface area contributed by atoms with Crippen LogP contribution in [-0.4, -0.2) is 59.9 Å². The van der Waals surface area contributed by atoms with Crippen molar-refractivity contribution in [2.75, 3.05) is 7.11 Å². The van der Waals surface area contributed by atoms with E-state index in [9.17, 15) is 14.4 Å². The molecule has 2 amide bonds. The Morgan fingerprint density at radius 1 is 1.11 bits per heavy atom. The van der Waals surface area contributed by atoms with Gasteiger partial charge >= 0.3 is 19.2 Å². The second kappa shape index (κ2) is 10.1. The number of ether oxygens (including phenoxy) is 2. The largest absolute Gasteiger partial charge is 0.488 e. The number of benzene rings is 1. The molecule has 1 rings (SSSR count). The van der Waals surface area contributed by atoms with Gasteiger partial charge in [-0.15, -0.1) is 0 Å². The van der Waals surface area contributed by atoms with Crippen LogP contribution in [0.25, 0.3) is 0 Å². The lowest BCUT2D eigenvalue weighted by Gasteiger charge is -2.24. The summed E-state index contributed by atoms with van der Waals surface area (Å²) in [7, 11) is -0.396. The lowest BCUT2D eigenvalue weighted by Crippen LogP contribution is -2.52. The first-order valence-corrected chi connectivity index (χ1v) is 8.75. The topological polar surface area (TPSA) is 134 Å². The Bertz CT molecular complexity index is 686. The molecule has 0 aliphatic heterocycles. The summed E-state index contributed by atoms with van der Waals surface area (Å²) >= 11 is 0. The van der Waals surface area contributed by atoms with Gasteiger partial charge in [-0.3, -0.25) is 4.79 Å². The number of carbonyl (C=O) groups excluding carboxylic acids is 3. The molecule has 0 saturated heterocycles. The maximum Gasteiger partial charge on any atom is 0.488 e. The van der Waals surface area contributed by atoms with Crippen LogP contribution in [0.1, 0.15) is 33.3 Å². The molecule has 154 valence electrons. The van der Waals surface area contributed by atoms with Gasteiger partial charge in [0.15, 0.2) is 0 Å². The predicted molar refractivity (Wildman–Crippen MR) is 103 cm³/mol. The molecule has 9 nitrogen and oxygen atoms in total. The van der Waals surface area contributed by atoms with Gasteiger partial charge in [-0.25, -0.2) is 9.59 Å². The Labute approximate surface area is 164 Å². The van der Waals surface area contributed by atoms with Gasteiger partial charge in [-0.2, -0.15) is 0 Å². The molecule has 1 unspecified atom stereocenters. The quantitative estimate of drug-likeness (QED) is 0.361. The minimum absolute atomic E-state index is 0.0980. The third-order valence-corrected chi connectivity index (χ3v) is 3.64. The highest BCUT2D eigenvalue weighted by atomic mass is 16.6. The van der Waals surface area contributed by atoms with E-state index in [1.165, 1.54) is 26.2 Å². The first kappa shape index (κ1) is 23.5. The van der Waals surface area contributed by atoms with Crippen LogP contribution in [0, 0.1) is 0 Å². The molecule has 0 saturated carbocycles. The van der Waals surface area contributed by atoms with Crippen molar-refractivity contribution in [2.45, 2.75) is 51.8 Å². The Morgan fingerprint density at radius 3 is 2.14 bits per heavy atom. The molecular formula is C18H27BN2O7. The van der Waals surface area contributed by atoms with Gasteiger partial charge in [0.1, 0.15) is 17.7 Å². The lowest BCUT2D eigenvalue weighted by atomic mass is 9.80. The van der Waals surface area contributed by atoms with Crippen molar-refractivity contribution in [3.63, 3.8) is 0 Å². The monoisotopic (exact) mass is 394 g/mol. The molecule has 4 N–H and O–H groups in total. The molecule has 0 fully saturated rings. The zero-order chi connectivity index (χ0) is 21.5. The summed E-state index contributed by atoms with van der Waals surface area (Å²) in [6, 6.07) is 4.30. The van der Waals surface area contributed by atoms with E-state index in [0.717, 1.165) is 0 Å². The highest BCUT2D eigenvalue weighted by Gasteiger charge is 2.27. The molecule has 0 heterocycles. The van der Waals surface area contributed by atoms with E-state index in [1.807, 2.05) is 0 Å².